The van der Waals surface area contributed by atoms with Gasteiger partial charge in [-0.15, -0.1) is 6.58 Å². The number of hydrogen-bond donors (Lipinski definition) is 2. The van der Waals surface area contributed by atoms with E-state index >= 15 is 0 Å². The fraction of sp³-hybridized carbons (Fsp3) is 0.406. The number of anilines is 2. The zero-order chi connectivity index (χ0) is 28.7. The summed E-state index contributed by atoms with van der Waals surface area (Å²) < 4.78 is 16.1. The number of hydrogen-bond acceptors (Lipinski definition) is 8. The van der Waals surface area contributed by atoms with Gasteiger partial charge in [0, 0.05) is 17.5 Å². The van der Waals surface area contributed by atoms with Crippen LogP contribution in [-0.2, 0) is 19.1 Å². The zero-order valence-corrected chi connectivity index (χ0v) is 23.0. The topological polar surface area (TPSA) is 131 Å². The lowest BCUT2D eigenvalue weighted by Crippen LogP contribution is -2.25. The number of ether oxygens (including phenoxy) is 3. The Morgan fingerprint density at radius 2 is 1.48 bits per heavy atom. The van der Waals surface area contributed by atoms with Crippen LogP contribution in [0.5, 0.6) is 5.75 Å². The number of carbonyl (C=O) groups is 3. The van der Waals surface area contributed by atoms with E-state index in [1.54, 1.807) is 36.4 Å². The lowest BCUT2D eigenvalue weighted by atomic mass is 9.80. The normalized spacial score (nSPS) is 16.8. The molecule has 0 amide bonds. The first kappa shape index (κ1) is 30.5. The van der Waals surface area contributed by atoms with Crippen LogP contribution in [0.2, 0.25) is 0 Å². The van der Waals surface area contributed by atoms with Crippen LogP contribution in [0.25, 0.3) is 6.08 Å². The molecule has 1 fully saturated rings. The molecule has 0 heterocycles. The number of benzene rings is 2. The van der Waals surface area contributed by atoms with Crippen molar-refractivity contribution in [1.82, 2.24) is 0 Å². The van der Waals surface area contributed by atoms with E-state index < -0.39 is 11.9 Å². The number of rotatable bonds is 14. The molecule has 1 aliphatic rings. The molecule has 1 saturated carbocycles. The molecule has 0 aliphatic heterocycles. The molecule has 8 nitrogen and oxygen atoms in total. The van der Waals surface area contributed by atoms with Crippen molar-refractivity contribution in [2.45, 2.75) is 57.8 Å². The van der Waals surface area contributed by atoms with E-state index in [2.05, 4.69) is 6.58 Å². The van der Waals surface area contributed by atoms with E-state index in [0.29, 0.717) is 48.2 Å². The van der Waals surface area contributed by atoms with Crippen molar-refractivity contribution >= 4 is 35.4 Å². The Morgan fingerprint density at radius 3 is 2.10 bits per heavy atom. The van der Waals surface area contributed by atoms with Crippen LogP contribution in [0.15, 0.2) is 61.2 Å². The molecule has 8 heteroatoms. The molecular formula is C32H40N2O6. The average molecular weight is 549 g/mol. The highest BCUT2D eigenvalue weighted by molar-refractivity contribution is 5.91. The van der Waals surface area contributed by atoms with Gasteiger partial charge in [0.15, 0.2) is 0 Å². The summed E-state index contributed by atoms with van der Waals surface area (Å²) in [5.41, 5.74) is 13.4. The molecule has 2 aromatic rings. The minimum Gasteiger partial charge on any atom is -0.463 e. The van der Waals surface area contributed by atoms with Crippen molar-refractivity contribution in [3.63, 3.8) is 0 Å². The van der Waals surface area contributed by atoms with Crippen molar-refractivity contribution in [3.05, 3.63) is 72.3 Å². The largest absolute Gasteiger partial charge is 0.463 e. The monoisotopic (exact) mass is 548 g/mol. The maximum absolute atomic E-state index is 12.5. The van der Waals surface area contributed by atoms with Gasteiger partial charge in [-0.25, -0.2) is 9.59 Å². The number of esters is 3. The number of nitrogens with two attached hydrogens (primary N) is 2. The van der Waals surface area contributed by atoms with E-state index in [0.717, 1.165) is 56.9 Å². The fourth-order valence-electron chi connectivity index (χ4n) is 4.70. The second kappa shape index (κ2) is 16.1. The molecule has 3 rings (SSSR count). The number of allylic oxidation sites excluding steroid dienone is 1. The molecule has 0 bridgehead atoms. The minimum atomic E-state index is -0.451. The van der Waals surface area contributed by atoms with Gasteiger partial charge >= 0.3 is 17.9 Å². The Morgan fingerprint density at radius 1 is 0.850 bits per heavy atom. The maximum Gasteiger partial charge on any atom is 0.338 e. The molecule has 40 heavy (non-hydrogen) atoms. The summed E-state index contributed by atoms with van der Waals surface area (Å²) in [5.74, 6) is 0.0413. The molecule has 0 radical (unpaired) electrons. The third-order valence-corrected chi connectivity index (χ3v) is 6.92. The van der Waals surface area contributed by atoms with Crippen LogP contribution in [-0.4, -0.2) is 31.1 Å². The molecule has 0 unspecified atom stereocenters. The Kier molecular flexibility index (Phi) is 12.3. The van der Waals surface area contributed by atoms with Gasteiger partial charge in [-0.05, 0) is 106 Å². The molecule has 0 saturated heterocycles. The predicted molar refractivity (Wildman–Crippen MR) is 156 cm³/mol. The summed E-state index contributed by atoms with van der Waals surface area (Å²) >= 11 is 0. The summed E-state index contributed by atoms with van der Waals surface area (Å²) in [7, 11) is 0. The van der Waals surface area contributed by atoms with Crippen LogP contribution in [0, 0.1) is 11.8 Å². The summed E-state index contributed by atoms with van der Waals surface area (Å²) in [6, 6.07) is 11.7. The highest BCUT2D eigenvalue weighted by Crippen LogP contribution is 2.32. The van der Waals surface area contributed by atoms with Gasteiger partial charge in [-0.2, -0.15) is 0 Å². The lowest BCUT2D eigenvalue weighted by Gasteiger charge is -2.26. The van der Waals surface area contributed by atoms with Crippen LogP contribution < -0.4 is 16.2 Å². The van der Waals surface area contributed by atoms with Crippen molar-refractivity contribution in [2.75, 3.05) is 24.7 Å². The molecule has 1 aliphatic carbocycles. The third-order valence-electron chi connectivity index (χ3n) is 6.92. The number of unbranched alkanes of at least 4 members (excludes halogenated alkanes) is 3. The molecule has 0 spiro atoms. The van der Waals surface area contributed by atoms with Gasteiger partial charge in [0.25, 0.3) is 0 Å². The second-order valence-corrected chi connectivity index (χ2v) is 10.2. The molecule has 0 atom stereocenters. The Hall–Kier alpha value is -4.07. The highest BCUT2D eigenvalue weighted by Gasteiger charge is 2.27. The van der Waals surface area contributed by atoms with Crippen molar-refractivity contribution < 1.29 is 28.6 Å². The molecule has 4 N–H and O–H groups in total. The molecule has 0 aromatic heterocycles. The van der Waals surface area contributed by atoms with Crippen molar-refractivity contribution in [2.24, 2.45) is 11.8 Å². The second-order valence-electron chi connectivity index (χ2n) is 10.2. The van der Waals surface area contributed by atoms with Gasteiger partial charge in [-0.3, -0.25) is 4.79 Å². The molecular weight excluding hydrogens is 508 g/mol. The Balaban J connectivity index is 1.25. The predicted octanol–water partition coefficient (Wildman–Crippen LogP) is 6.11. The summed E-state index contributed by atoms with van der Waals surface area (Å²) in [5, 5.41) is 0. The fourth-order valence-corrected chi connectivity index (χ4v) is 4.70. The number of nitrogen functional groups attached to an aromatic ring is 2. The van der Waals surface area contributed by atoms with E-state index in [1.807, 2.05) is 6.08 Å². The first-order chi connectivity index (χ1) is 19.3. The van der Waals surface area contributed by atoms with Crippen LogP contribution in [0.1, 0.15) is 73.7 Å². The summed E-state index contributed by atoms with van der Waals surface area (Å²) in [4.78, 5) is 36.5. The van der Waals surface area contributed by atoms with Gasteiger partial charge in [0.05, 0.1) is 24.7 Å². The lowest BCUT2D eigenvalue weighted by molar-refractivity contribution is -0.140. The third kappa shape index (κ3) is 10.6. The van der Waals surface area contributed by atoms with Gasteiger partial charge < -0.3 is 25.7 Å². The van der Waals surface area contributed by atoms with E-state index in [1.165, 1.54) is 18.2 Å². The standard InChI is InChI=1S/C32H40N2O6/c1-2-7-23-8-13-25(14-9-23)32(37)40-29-15-10-24(11-16-29)12-17-30(35)38-18-5-3-4-6-19-39-31(36)26-20-27(33)22-28(34)21-26/h2,10-12,15-17,20-23,25H,1,3-9,13-14,18-19,33-34H2. The van der Waals surface area contributed by atoms with Crippen LogP contribution >= 0.6 is 0 Å². The molecule has 2 aromatic carbocycles. The van der Waals surface area contributed by atoms with E-state index in [9.17, 15) is 14.4 Å². The van der Waals surface area contributed by atoms with Gasteiger partial charge in [0.1, 0.15) is 5.75 Å². The SMILES string of the molecule is C=CCC1CCC(C(=O)Oc2ccc(C=CC(=O)OCCCCCCOC(=O)c3cc(N)cc(N)c3)cc2)CC1. The summed E-state index contributed by atoms with van der Waals surface area (Å²) in [6.45, 7) is 4.41. The smallest absolute Gasteiger partial charge is 0.338 e. The van der Waals surface area contributed by atoms with Crippen molar-refractivity contribution in [3.8, 4) is 5.75 Å². The maximum atomic E-state index is 12.5. The quantitative estimate of drug-likeness (QED) is 0.0722. The first-order valence-electron chi connectivity index (χ1n) is 13.9. The Labute approximate surface area is 236 Å². The molecule has 214 valence electrons. The first-order valence-corrected chi connectivity index (χ1v) is 13.9. The van der Waals surface area contributed by atoms with E-state index in [4.69, 9.17) is 25.7 Å². The number of carbonyl (C=O) groups excluding carboxylic acids is 3. The van der Waals surface area contributed by atoms with Crippen LogP contribution in [0.4, 0.5) is 11.4 Å². The van der Waals surface area contributed by atoms with Gasteiger partial charge in [-0.1, -0.05) is 18.2 Å². The van der Waals surface area contributed by atoms with Gasteiger partial charge in [0.2, 0.25) is 0 Å². The minimum absolute atomic E-state index is 0.0480. The Bertz CT molecular complexity index is 1150. The zero-order valence-electron chi connectivity index (χ0n) is 23.0. The summed E-state index contributed by atoms with van der Waals surface area (Å²) in [6.07, 6.45) is 12.9. The van der Waals surface area contributed by atoms with Crippen LogP contribution in [0.3, 0.4) is 0 Å². The highest BCUT2D eigenvalue weighted by atomic mass is 16.5. The van der Waals surface area contributed by atoms with E-state index in [-0.39, 0.29) is 11.9 Å². The average Bonchev–Trinajstić information content (AvgIpc) is 2.94. The van der Waals surface area contributed by atoms with Crippen molar-refractivity contribution in [1.29, 1.82) is 0 Å².